The van der Waals surface area contributed by atoms with Gasteiger partial charge in [-0.3, -0.25) is 9.48 Å². The molecule has 0 saturated heterocycles. The zero-order valence-electron chi connectivity index (χ0n) is 9.29. The number of carbonyl (C=O) groups excluding carboxylic acids is 1. The highest BCUT2D eigenvalue weighted by Gasteiger charge is 2.00. The van der Waals surface area contributed by atoms with E-state index in [1.165, 1.54) is 0 Å². The lowest BCUT2D eigenvalue weighted by atomic mass is 10.4. The molecule has 1 aromatic heterocycles. The molecule has 1 heterocycles. The van der Waals surface area contributed by atoms with Crippen LogP contribution in [0.1, 0.15) is 19.0 Å². The summed E-state index contributed by atoms with van der Waals surface area (Å²) >= 11 is 0. The Bertz CT molecular complexity index is 308. The van der Waals surface area contributed by atoms with Crippen molar-refractivity contribution in [1.29, 1.82) is 0 Å². The summed E-state index contributed by atoms with van der Waals surface area (Å²) in [4.78, 5) is 11.2. The summed E-state index contributed by atoms with van der Waals surface area (Å²) in [6.45, 7) is 3.74. The van der Waals surface area contributed by atoms with Crippen LogP contribution in [0.2, 0.25) is 0 Å². The van der Waals surface area contributed by atoms with E-state index in [9.17, 15) is 4.79 Å². The average molecular weight is 210 g/mol. The van der Waals surface area contributed by atoms with E-state index < -0.39 is 0 Å². The van der Waals surface area contributed by atoms with E-state index in [0.29, 0.717) is 13.1 Å². The van der Waals surface area contributed by atoms with Crippen LogP contribution in [0.3, 0.4) is 0 Å². The van der Waals surface area contributed by atoms with Crippen LogP contribution in [-0.2, 0) is 18.4 Å². The van der Waals surface area contributed by atoms with Crippen molar-refractivity contribution in [3.63, 3.8) is 0 Å². The van der Waals surface area contributed by atoms with Gasteiger partial charge in [-0.1, -0.05) is 6.92 Å². The Morgan fingerprint density at radius 1 is 1.60 bits per heavy atom. The molecule has 0 aliphatic heterocycles. The molecule has 0 radical (unpaired) electrons. The van der Waals surface area contributed by atoms with Gasteiger partial charge in [0.2, 0.25) is 5.91 Å². The molecular formula is C10H18N4O. The molecule has 0 aliphatic rings. The molecule has 0 spiro atoms. The van der Waals surface area contributed by atoms with Crippen LogP contribution in [0.15, 0.2) is 12.3 Å². The van der Waals surface area contributed by atoms with Crippen molar-refractivity contribution in [2.24, 2.45) is 7.05 Å². The van der Waals surface area contributed by atoms with Crippen LogP contribution in [0, 0.1) is 0 Å². The van der Waals surface area contributed by atoms with Gasteiger partial charge in [-0.15, -0.1) is 0 Å². The van der Waals surface area contributed by atoms with Gasteiger partial charge in [0.15, 0.2) is 0 Å². The third-order valence-corrected chi connectivity index (χ3v) is 1.93. The summed E-state index contributed by atoms with van der Waals surface area (Å²) in [7, 11) is 1.87. The quantitative estimate of drug-likeness (QED) is 0.696. The number of hydrogen-bond donors (Lipinski definition) is 2. The van der Waals surface area contributed by atoms with Gasteiger partial charge in [0, 0.05) is 26.3 Å². The molecule has 1 aromatic rings. The molecule has 1 amide bonds. The normalized spacial score (nSPS) is 10.3. The second kappa shape index (κ2) is 6.19. The minimum Gasteiger partial charge on any atom is -0.355 e. The predicted molar refractivity (Wildman–Crippen MR) is 58.2 cm³/mol. The molecule has 0 aliphatic carbocycles. The number of aromatic nitrogens is 2. The van der Waals surface area contributed by atoms with Crippen LogP contribution in [0.5, 0.6) is 0 Å². The van der Waals surface area contributed by atoms with Crippen molar-refractivity contribution in [3.05, 3.63) is 18.0 Å². The van der Waals surface area contributed by atoms with Gasteiger partial charge >= 0.3 is 0 Å². The average Bonchev–Trinajstić information content (AvgIpc) is 2.61. The van der Waals surface area contributed by atoms with Crippen molar-refractivity contribution < 1.29 is 4.79 Å². The second-order valence-corrected chi connectivity index (χ2v) is 3.43. The number of rotatable bonds is 6. The Kier molecular flexibility index (Phi) is 4.83. The van der Waals surface area contributed by atoms with Crippen LogP contribution < -0.4 is 10.6 Å². The topological polar surface area (TPSA) is 59.0 Å². The Balaban J connectivity index is 2.13. The Labute approximate surface area is 89.9 Å². The number of amides is 1. The van der Waals surface area contributed by atoms with Crippen LogP contribution in [0.25, 0.3) is 0 Å². The summed E-state index contributed by atoms with van der Waals surface area (Å²) in [5.41, 5.74) is 0.945. The zero-order valence-corrected chi connectivity index (χ0v) is 9.29. The Hall–Kier alpha value is -1.36. The molecule has 5 nitrogen and oxygen atoms in total. The first-order chi connectivity index (χ1) is 7.22. The fourth-order valence-corrected chi connectivity index (χ4v) is 1.19. The van der Waals surface area contributed by atoms with Crippen LogP contribution in [0.4, 0.5) is 0 Å². The number of nitrogens with one attached hydrogen (secondary N) is 2. The monoisotopic (exact) mass is 210 g/mol. The van der Waals surface area contributed by atoms with E-state index in [-0.39, 0.29) is 5.91 Å². The highest BCUT2D eigenvalue weighted by Crippen LogP contribution is 1.91. The Morgan fingerprint density at radius 2 is 2.40 bits per heavy atom. The maximum Gasteiger partial charge on any atom is 0.233 e. The summed E-state index contributed by atoms with van der Waals surface area (Å²) < 4.78 is 1.74. The van der Waals surface area contributed by atoms with E-state index >= 15 is 0 Å². The lowest BCUT2D eigenvalue weighted by Gasteiger charge is -2.03. The lowest BCUT2D eigenvalue weighted by molar-refractivity contribution is -0.120. The maximum absolute atomic E-state index is 11.2. The van der Waals surface area contributed by atoms with Crippen LogP contribution >= 0.6 is 0 Å². The number of nitrogens with zero attached hydrogens (tertiary/aromatic N) is 2. The highest BCUT2D eigenvalue weighted by atomic mass is 16.1. The van der Waals surface area contributed by atoms with Crippen molar-refractivity contribution in [2.75, 3.05) is 13.1 Å². The van der Waals surface area contributed by atoms with Crippen molar-refractivity contribution in [2.45, 2.75) is 19.9 Å². The molecule has 0 saturated carbocycles. The molecule has 0 bridgehead atoms. The largest absolute Gasteiger partial charge is 0.355 e. The Morgan fingerprint density at radius 3 is 3.00 bits per heavy atom. The summed E-state index contributed by atoms with van der Waals surface area (Å²) in [5, 5.41) is 10.0. The molecule has 0 unspecified atom stereocenters. The van der Waals surface area contributed by atoms with Gasteiger partial charge in [0.05, 0.1) is 12.2 Å². The molecule has 0 aromatic carbocycles. The molecule has 2 N–H and O–H groups in total. The molecule has 0 fully saturated rings. The lowest BCUT2D eigenvalue weighted by Crippen LogP contribution is -2.34. The fraction of sp³-hybridized carbons (Fsp3) is 0.600. The second-order valence-electron chi connectivity index (χ2n) is 3.43. The van der Waals surface area contributed by atoms with Gasteiger partial charge in [0.1, 0.15) is 0 Å². The maximum atomic E-state index is 11.2. The van der Waals surface area contributed by atoms with Crippen molar-refractivity contribution in [1.82, 2.24) is 20.4 Å². The number of aryl methyl sites for hydroxylation is 1. The molecular weight excluding hydrogens is 192 g/mol. The van der Waals surface area contributed by atoms with E-state index in [1.807, 2.05) is 26.2 Å². The van der Waals surface area contributed by atoms with Crippen molar-refractivity contribution >= 4 is 5.91 Å². The van der Waals surface area contributed by atoms with Crippen molar-refractivity contribution in [3.8, 4) is 0 Å². The standard InChI is InChI=1S/C10H18N4O/c1-3-5-12-10(15)8-11-7-9-4-6-14(2)13-9/h4,6,11H,3,5,7-8H2,1-2H3,(H,12,15). The molecule has 1 rings (SSSR count). The minimum absolute atomic E-state index is 0.0350. The highest BCUT2D eigenvalue weighted by molar-refractivity contribution is 5.77. The van der Waals surface area contributed by atoms with E-state index in [4.69, 9.17) is 0 Å². The van der Waals surface area contributed by atoms with Gasteiger partial charge in [-0.2, -0.15) is 5.10 Å². The first kappa shape index (κ1) is 11.7. The molecule has 15 heavy (non-hydrogen) atoms. The first-order valence-electron chi connectivity index (χ1n) is 5.18. The summed E-state index contributed by atoms with van der Waals surface area (Å²) in [6, 6.07) is 1.93. The molecule has 5 heteroatoms. The van der Waals surface area contributed by atoms with Gasteiger partial charge in [0.25, 0.3) is 0 Å². The predicted octanol–water partition coefficient (Wildman–Crippen LogP) is 0.0359. The van der Waals surface area contributed by atoms with E-state index in [2.05, 4.69) is 15.7 Å². The number of hydrogen-bond acceptors (Lipinski definition) is 3. The zero-order chi connectivity index (χ0) is 11.1. The number of carbonyl (C=O) groups is 1. The SMILES string of the molecule is CCCNC(=O)CNCc1ccn(C)n1. The minimum atomic E-state index is 0.0350. The smallest absolute Gasteiger partial charge is 0.233 e. The molecule has 84 valence electrons. The van der Waals surface area contributed by atoms with E-state index in [0.717, 1.165) is 18.7 Å². The van der Waals surface area contributed by atoms with Gasteiger partial charge in [-0.25, -0.2) is 0 Å². The third-order valence-electron chi connectivity index (χ3n) is 1.93. The van der Waals surface area contributed by atoms with Gasteiger partial charge < -0.3 is 10.6 Å². The summed E-state index contributed by atoms with van der Waals surface area (Å²) in [6.07, 6.45) is 2.85. The molecule has 0 atom stereocenters. The first-order valence-corrected chi connectivity index (χ1v) is 5.18. The van der Waals surface area contributed by atoms with Crippen LogP contribution in [-0.4, -0.2) is 28.8 Å². The van der Waals surface area contributed by atoms with Gasteiger partial charge in [-0.05, 0) is 12.5 Å². The van der Waals surface area contributed by atoms with E-state index in [1.54, 1.807) is 4.68 Å². The summed E-state index contributed by atoms with van der Waals surface area (Å²) in [5.74, 6) is 0.0350. The third kappa shape index (κ3) is 4.60. The fourth-order valence-electron chi connectivity index (χ4n) is 1.19.